The first-order valence-corrected chi connectivity index (χ1v) is 11.6. The lowest BCUT2D eigenvalue weighted by Crippen LogP contribution is -2.35. The number of benzene rings is 2. The molecular formula is C22H21F2N3O2S2. The molecule has 1 aliphatic carbocycles. The van der Waals surface area contributed by atoms with Crippen LogP contribution in [-0.2, 0) is 9.59 Å². The number of amides is 2. The first-order chi connectivity index (χ1) is 14.9. The van der Waals surface area contributed by atoms with Gasteiger partial charge in [0.2, 0.25) is 11.8 Å². The van der Waals surface area contributed by atoms with Gasteiger partial charge in [0.25, 0.3) is 5.76 Å². The predicted octanol–water partition coefficient (Wildman–Crippen LogP) is 5.43. The Morgan fingerprint density at radius 2 is 1.87 bits per heavy atom. The fourth-order valence-electron chi connectivity index (χ4n) is 3.19. The molecule has 1 unspecified atom stereocenters. The van der Waals surface area contributed by atoms with Gasteiger partial charge in [-0.15, -0.1) is 0 Å². The van der Waals surface area contributed by atoms with E-state index in [1.807, 2.05) is 31.2 Å². The SMILES string of the molecule is Cc1ccc(NC(=O)CC2SC(=Nc3ccc(SC(F)F)cc3)N(C3CC3)C2=O)cc1. The van der Waals surface area contributed by atoms with Gasteiger partial charge in [0.15, 0.2) is 5.17 Å². The summed E-state index contributed by atoms with van der Waals surface area (Å²) in [5, 5.41) is 2.87. The van der Waals surface area contributed by atoms with E-state index in [4.69, 9.17) is 0 Å². The van der Waals surface area contributed by atoms with Crippen molar-refractivity contribution >= 4 is 51.9 Å². The number of aryl methyl sites for hydroxylation is 1. The van der Waals surface area contributed by atoms with Gasteiger partial charge >= 0.3 is 0 Å². The lowest BCUT2D eigenvalue weighted by atomic mass is 10.2. The van der Waals surface area contributed by atoms with E-state index in [1.54, 1.807) is 29.2 Å². The third-order valence-corrected chi connectivity index (χ3v) is 6.75. The molecule has 5 nitrogen and oxygen atoms in total. The van der Waals surface area contributed by atoms with Crippen molar-refractivity contribution < 1.29 is 18.4 Å². The Hall–Kier alpha value is -2.39. The molecule has 2 amide bonds. The molecule has 0 radical (unpaired) electrons. The summed E-state index contributed by atoms with van der Waals surface area (Å²) in [6, 6.07) is 14.1. The van der Waals surface area contributed by atoms with Gasteiger partial charge in [0, 0.05) is 23.0 Å². The Kier molecular flexibility index (Phi) is 6.62. The fraction of sp³-hybridized carbons (Fsp3) is 0.318. The standard InChI is InChI=1S/C22H21F2N3O2S2/c1-13-2-4-14(5-3-13)25-19(28)12-18-20(29)27(16-8-9-16)22(31-18)26-15-6-10-17(11-7-15)30-21(23)24/h2-7,10-11,16,18,21H,8-9,12H2,1H3,(H,25,28). The number of anilines is 1. The second-order valence-corrected chi connectivity index (χ2v) is 9.66. The Morgan fingerprint density at radius 3 is 2.48 bits per heavy atom. The van der Waals surface area contributed by atoms with E-state index in [2.05, 4.69) is 10.3 Å². The smallest absolute Gasteiger partial charge is 0.288 e. The lowest BCUT2D eigenvalue weighted by molar-refractivity contribution is -0.128. The number of thioether (sulfide) groups is 2. The van der Waals surface area contributed by atoms with E-state index >= 15 is 0 Å². The molecule has 162 valence electrons. The second-order valence-electron chi connectivity index (χ2n) is 7.43. The first kappa shape index (κ1) is 21.8. The fourth-order valence-corrected chi connectivity index (χ4v) is 4.90. The van der Waals surface area contributed by atoms with Gasteiger partial charge in [-0.3, -0.25) is 14.5 Å². The van der Waals surface area contributed by atoms with Crippen LogP contribution in [0.15, 0.2) is 58.4 Å². The maximum Gasteiger partial charge on any atom is 0.288 e. The van der Waals surface area contributed by atoms with Crippen molar-refractivity contribution in [1.82, 2.24) is 4.90 Å². The van der Waals surface area contributed by atoms with Crippen LogP contribution in [0.1, 0.15) is 24.8 Å². The van der Waals surface area contributed by atoms with Gasteiger partial charge in [0.05, 0.1) is 5.69 Å². The molecule has 2 aromatic rings. The molecule has 0 aromatic heterocycles. The van der Waals surface area contributed by atoms with Crippen molar-refractivity contribution in [3.63, 3.8) is 0 Å². The minimum absolute atomic E-state index is 0.0591. The number of carbonyl (C=O) groups excluding carboxylic acids is 2. The van der Waals surface area contributed by atoms with E-state index in [0.717, 1.165) is 18.4 Å². The lowest BCUT2D eigenvalue weighted by Gasteiger charge is -2.15. The summed E-state index contributed by atoms with van der Waals surface area (Å²) in [7, 11) is 0. The zero-order valence-electron chi connectivity index (χ0n) is 16.8. The normalized spacial score (nSPS) is 20.0. The highest BCUT2D eigenvalue weighted by Gasteiger charge is 2.46. The minimum atomic E-state index is -2.47. The monoisotopic (exact) mass is 461 g/mol. The molecule has 0 bridgehead atoms. The molecule has 0 spiro atoms. The van der Waals surface area contributed by atoms with Gasteiger partial charge < -0.3 is 5.32 Å². The zero-order chi connectivity index (χ0) is 22.0. The van der Waals surface area contributed by atoms with E-state index in [1.165, 1.54) is 11.8 Å². The molecule has 1 N–H and O–H groups in total. The molecule has 1 heterocycles. The summed E-state index contributed by atoms with van der Waals surface area (Å²) in [4.78, 5) is 32.2. The van der Waals surface area contributed by atoms with Crippen molar-refractivity contribution in [2.45, 2.75) is 48.1 Å². The molecule has 9 heteroatoms. The zero-order valence-corrected chi connectivity index (χ0v) is 18.4. The Labute approximate surface area is 187 Å². The topological polar surface area (TPSA) is 61.8 Å². The quantitative estimate of drug-likeness (QED) is 0.559. The van der Waals surface area contributed by atoms with Crippen LogP contribution in [0.3, 0.4) is 0 Å². The number of aliphatic imine (C=N–C) groups is 1. The van der Waals surface area contributed by atoms with Gasteiger partial charge in [-0.2, -0.15) is 8.78 Å². The molecule has 2 aliphatic rings. The summed E-state index contributed by atoms with van der Waals surface area (Å²) >= 11 is 1.76. The summed E-state index contributed by atoms with van der Waals surface area (Å²) in [6.07, 6.45) is 1.89. The number of nitrogens with zero attached hydrogens (tertiary/aromatic N) is 2. The molecule has 4 rings (SSSR count). The van der Waals surface area contributed by atoms with E-state index in [9.17, 15) is 18.4 Å². The van der Waals surface area contributed by atoms with Crippen molar-refractivity contribution in [2.24, 2.45) is 4.99 Å². The molecule has 1 saturated heterocycles. The molecule has 31 heavy (non-hydrogen) atoms. The van der Waals surface area contributed by atoms with Gasteiger partial charge in [-0.25, -0.2) is 4.99 Å². The van der Waals surface area contributed by atoms with Crippen LogP contribution in [-0.4, -0.2) is 38.9 Å². The number of rotatable bonds is 7. The molecular weight excluding hydrogens is 440 g/mol. The van der Waals surface area contributed by atoms with Crippen LogP contribution >= 0.6 is 23.5 Å². The van der Waals surface area contributed by atoms with Gasteiger partial charge in [-0.05, 0) is 56.2 Å². The maximum atomic E-state index is 13.0. The minimum Gasteiger partial charge on any atom is -0.326 e. The van der Waals surface area contributed by atoms with Crippen LogP contribution in [0, 0.1) is 6.92 Å². The Bertz CT molecular complexity index is 993. The molecule has 1 atom stereocenters. The van der Waals surface area contributed by atoms with Crippen LogP contribution in [0.2, 0.25) is 0 Å². The van der Waals surface area contributed by atoms with Crippen LogP contribution < -0.4 is 5.32 Å². The van der Waals surface area contributed by atoms with E-state index in [-0.39, 0.29) is 24.3 Å². The number of hydrogen-bond donors (Lipinski definition) is 1. The van der Waals surface area contributed by atoms with E-state index in [0.29, 0.717) is 33.2 Å². The number of nitrogens with one attached hydrogen (secondary N) is 1. The number of hydrogen-bond acceptors (Lipinski definition) is 5. The van der Waals surface area contributed by atoms with Crippen molar-refractivity contribution in [2.75, 3.05) is 5.32 Å². The van der Waals surface area contributed by atoms with E-state index < -0.39 is 11.0 Å². The largest absolute Gasteiger partial charge is 0.326 e. The van der Waals surface area contributed by atoms with Crippen LogP contribution in [0.25, 0.3) is 0 Å². The number of alkyl halides is 2. The van der Waals surface area contributed by atoms with Gasteiger partial charge in [0.1, 0.15) is 5.25 Å². The van der Waals surface area contributed by atoms with Crippen molar-refractivity contribution in [1.29, 1.82) is 0 Å². The second kappa shape index (κ2) is 9.40. The number of carbonyl (C=O) groups is 2. The summed E-state index contributed by atoms with van der Waals surface area (Å²) < 4.78 is 25.0. The number of amidine groups is 1. The molecule has 2 fully saturated rings. The first-order valence-electron chi connectivity index (χ1n) is 9.89. The van der Waals surface area contributed by atoms with Crippen molar-refractivity contribution in [3.05, 3.63) is 54.1 Å². The molecule has 1 aliphatic heterocycles. The highest BCUT2D eigenvalue weighted by atomic mass is 32.2. The molecule has 1 saturated carbocycles. The highest BCUT2D eigenvalue weighted by molar-refractivity contribution is 8.15. The Balaban J connectivity index is 1.45. The average Bonchev–Trinajstić information content (AvgIpc) is 3.51. The predicted molar refractivity (Wildman–Crippen MR) is 121 cm³/mol. The maximum absolute atomic E-state index is 13.0. The Morgan fingerprint density at radius 1 is 1.19 bits per heavy atom. The van der Waals surface area contributed by atoms with Gasteiger partial charge in [-0.1, -0.05) is 41.2 Å². The number of halogens is 2. The third kappa shape index (κ3) is 5.65. The van der Waals surface area contributed by atoms with Crippen LogP contribution in [0.4, 0.5) is 20.2 Å². The summed E-state index contributed by atoms with van der Waals surface area (Å²) in [5.74, 6) is -2.80. The summed E-state index contributed by atoms with van der Waals surface area (Å²) in [6.45, 7) is 1.97. The summed E-state index contributed by atoms with van der Waals surface area (Å²) in [5.41, 5.74) is 2.38. The van der Waals surface area contributed by atoms with Crippen molar-refractivity contribution in [3.8, 4) is 0 Å². The average molecular weight is 462 g/mol. The van der Waals surface area contributed by atoms with Crippen LogP contribution in [0.5, 0.6) is 0 Å². The third-order valence-electron chi connectivity index (χ3n) is 4.87. The molecule has 2 aromatic carbocycles. The highest BCUT2D eigenvalue weighted by Crippen LogP contribution is 2.39.